The largest absolute Gasteiger partial charge is 0.490 e. The van der Waals surface area contributed by atoms with Crippen LogP contribution in [0.25, 0.3) is 0 Å². The number of rotatable bonds is 7. The predicted octanol–water partition coefficient (Wildman–Crippen LogP) is 8.90. The SMILES string of the molecule is C=C.C=C.CC.C[C@@H](CCCN1CCCC1)S(N)(=O)=O.O=S(=O)(c1ccc(C(F)(F)F)cc1)[C@@]12CCCCC1COc1c(F)ccc(F)c12.[HH].[HH]. The third-order valence-corrected chi connectivity index (χ3v) is 12.7. The highest BCUT2D eigenvalue weighted by Gasteiger charge is 2.58. The number of sulfone groups is 1. The van der Waals surface area contributed by atoms with Crippen molar-refractivity contribution in [3.8, 4) is 5.75 Å². The molecule has 2 aromatic rings. The molecular formula is C35H55F5N2O5S2. The summed E-state index contributed by atoms with van der Waals surface area (Å²) in [5.74, 6) is -2.83. The molecule has 282 valence electrons. The molecule has 5 rings (SSSR count). The molecule has 0 amide bonds. The lowest BCUT2D eigenvalue weighted by Gasteiger charge is -2.47. The van der Waals surface area contributed by atoms with Crippen LogP contribution in [0.2, 0.25) is 0 Å². The third kappa shape index (κ3) is 10.6. The van der Waals surface area contributed by atoms with Crippen molar-refractivity contribution in [1.82, 2.24) is 4.90 Å². The van der Waals surface area contributed by atoms with E-state index in [4.69, 9.17) is 9.88 Å². The number of likely N-dealkylation sites (tertiary alicyclic amines) is 1. The Hall–Kier alpha value is -2.81. The molecule has 0 spiro atoms. The van der Waals surface area contributed by atoms with Crippen LogP contribution in [0.4, 0.5) is 22.0 Å². The lowest BCUT2D eigenvalue weighted by atomic mass is 9.73. The van der Waals surface area contributed by atoms with Gasteiger partial charge in [-0.15, -0.1) is 26.3 Å². The quantitative estimate of drug-likeness (QED) is 0.224. The molecule has 0 radical (unpaired) electrons. The molecule has 14 heteroatoms. The van der Waals surface area contributed by atoms with E-state index in [0.29, 0.717) is 37.8 Å². The lowest BCUT2D eigenvalue weighted by Crippen LogP contribution is -2.50. The highest BCUT2D eigenvalue weighted by molar-refractivity contribution is 7.92. The Morgan fingerprint density at radius 3 is 2.02 bits per heavy atom. The second kappa shape index (κ2) is 19.5. The molecule has 1 unspecified atom stereocenters. The van der Waals surface area contributed by atoms with E-state index in [1.165, 1.54) is 25.9 Å². The second-order valence-electron chi connectivity index (χ2n) is 11.5. The Balaban J connectivity index is 0. The van der Waals surface area contributed by atoms with Crippen molar-refractivity contribution in [2.45, 2.75) is 93.2 Å². The first-order chi connectivity index (χ1) is 23.1. The molecule has 2 fully saturated rings. The van der Waals surface area contributed by atoms with Gasteiger partial charge in [0, 0.05) is 8.77 Å². The summed E-state index contributed by atoms with van der Waals surface area (Å²) < 4.78 is 121. The highest BCUT2D eigenvalue weighted by atomic mass is 32.2. The van der Waals surface area contributed by atoms with Crippen LogP contribution in [0.3, 0.4) is 0 Å². The van der Waals surface area contributed by atoms with E-state index in [-0.39, 0.29) is 26.3 Å². The first kappa shape index (κ1) is 44.2. The number of sulfonamides is 1. The van der Waals surface area contributed by atoms with Crippen molar-refractivity contribution < 1.29 is 46.4 Å². The maximum Gasteiger partial charge on any atom is 0.416 e. The lowest BCUT2D eigenvalue weighted by molar-refractivity contribution is -0.137. The zero-order valence-electron chi connectivity index (χ0n) is 28.7. The normalized spacial score (nSPS) is 20.8. The molecule has 7 nitrogen and oxygen atoms in total. The van der Waals surface area contributed by atoms with E-state index >= 15 is 0 Å². The summed E-state index contributed by atoms with van der Waals surface area (Å²) >= 11 is 0. The van der Waals surface area contributed by atoms with Gasteiger partial charge in [0.1, 0.15) is 10.6 Å². The Morgan fingerprint density at radius 2 is 1.49 bits per heavy atom. The number of nitrogens with zero attached hydrogens (tertiary/aromatic N) is 1. The van der Waals surface area contributed by atoms with Crippen LogP contribution in [-0.4, -0.2) is 53.2 Å². The van der Waals surface area contributed by atoms with Crippen molar-refractivity contribution in [3.63, 3.8) is 0 Å². The van der Waals surface area contributed by atoms with Crippen LogP contribution < -0.4 is 9.88 Å². The number of ether oxygens (including phenoxy) is 1. The average Bonchev–Trinajstić information content (AvgIpc) is 3.62. The van der Waals surface area contributed by atoms with Crippen LogP contribution in [0.1, 0.15) is 86.1 Å². The van der Waals surface area contributed by atoms with Crippen molar-refractivity contribution in [2.75, 3.05) is 26.2 Å². The summed E-state index contributed by atoms with van der Waals surface area (Å²) in [7, 11) is -7.67. The van der Waals surface area contributed by atoms with Gasteiger partial charge in [0.25, 0.3) is 0 Å². The summed E-state index contributed by atoms with van der Waals surface area (Å²) in [5, 5.41) is 4.63. The standard InChI is InChI=1S/C20H17F5O3S.C9H20N2O2S.C2H6.2C2H4.2H2/c21-15-8-9-16(22)18-17(15)19(10-2-1-3-13(19)11-28-18)29(26,27)14-6-4-12(5-7-14)20(23,24)25;1-9(14(10,12)13)5-4-8-11-6-2-3-7-11;3*1-2;;/h4-9,13H,1-3,10-11H2;9H,2-8H2,1H3,(H2,10,12,13);1-2H3;2*1-2H2;2*1H/t13?,19-;9-;;;;;/m00...../s1. The maximum absolute atomic E-state index is 14.9. The van der Waals surface area contributed by atoms with E-state index in [1.54, 1.807) is 6.92 Å². The van der Waals surface area contributed by atoms with E-state index in [9.17, 15) is 38.8 Å². The summed E-state index contributed by atoms with van der Waals surface area (Å²) in [4.78, 5) is 2.03. The number of hydrogen-bond acceptors (Lipinski definition) is 6. The zero-order valence-corrected chi connectivity index (χ0v) is 30.3. The minimum absolute atomic E-state index is 0. The second-order valence-corrected chi connectivity index (χ2v) is 15.7. The van der Waals surface area contributed by atoms with Crippen molar-refractivity contribution >= 4 is 19.9 Å². The molecule has 2 N–H and O–H groups in total. The minimum Gasteiger partial charge on any atom is -0.490 e. The number of halogens is 5. The smallest absolute Gasteiger partial charge is 0.416 e. The molecule has 49 heavy (non-hydrogen) atoms. The Morgan fingerprint density at radius 1 is 0.939 bits per heavy atom. The maximum atomic E-state index is 14.9. The van der Waals surface area contributed by atoms with Gasteiger partial charge in [-0.05, 0) is 101 Å². The molecule has 1 aliphatic carbocycles. The molecule has 1 saturated heterocycles. The summed E-state index contributed by atoms with van der Waals surface area (Å²) in [5.41, 5.74) is -1.34. The number of primary sulfonamides is 1. The van der Waals surface area contributed by atoms with Gasteiger partial charge in [0.05, 0.1) is 27.9 Å². The van der Waals surface area contributed by atoms with Gasteiger partial charge in [0.15, 0.2) is 21.4 Å². The van der Waals surface area contributed by atoms with Gasteiger partial charge < -0.3 is 9.64 Å². The fourth-order valence-corrected chi connectivity index (χ4v) is 9.22. The third-order valence-electron chi connectivity index (χ3n) is 8.74. The molecule has 1 saturated carbocycles. The Bertz CT molecular complexity index is 1540. The number of hydrogen-bond donors (Lipinski definition) is 1. The van der Waals surface area contributed by atoms with Gasteiger partial charge in [-0.25, -0.2) is 30.8 Å². The van der Waals surface area contributed by atoms with Gasteiger partial charge in [0.2, 0.25) is 10.0 Å². The Labute approximate surface area is 292 Å². The molecular weight excluding hydrogens is 688 g/mol. The van der Waals surface area contributed by atoms with Crippen molar-refractivity contribution in [3.05, 3.63) is 85.5 Å². The van der Waals surface area contributed by atoms with Crippen LogP contribution in [0.5, 0.6) is 5.75 Å². The van der Waals surface area contributed by atoms with E-state index < -0.39 is 64.9 Å². The number of alkyl halides is 3. The minimum atomic E-state index is -4.62. The number of fused-ring (bicyclic) bond motifs is 3. The van der Waals surface area contributed by atoms with E-state index in [0.717, 1.165) is 37.2 Å². The molecule has 0 bridgehead atoms. The first-order valence-corrected chi connectivity index (χ1v) is 19.5. The zero-order chi connectivity index (χ0) is 37.6. The van der Waals surface area contributed by atoms with E-state index in [2.05, 4.69) is 31.2 Å². The molecule has 3 atom stereocenters. The van der Waals surface area contributed by atoms with Crippen LogP contribution >= 0.6 is 0 Å². The Kier molecular flexibility index (Phi) is 17.6. The average molecular weight is 743 g/mol. The first-order valence-electron chi connectivity index (χ1n) is 16.4. The van der Waals surface area contributed by atoms with Gasteiger partial charge in [-0.1, -0.05) is 26.7 Å². The number of benzene rings is 2. The summed E-state index contributed by atoms with van der Waals surface area (Å²) in [6.45, 7) is 20.9. The molecule has 2 aliphatic heterocycles. The van der Waals surface area contributed by atoms with Crippen LogP contribution in [0.15, 0.2) is 67.6 Å². The number of nitrogens with two attached hydrogens (primary N) is 1. The van der Waals surface area contributed by atoms with Crippen LogP contribution in [0, 0.1) is 17.6 Å². The summed E-state index contributed by atoms with van der Waals surface area (Å²) in [6, 6.07) is 4.86. The molecule has 2 aromatic carbocycles. The van der Waals surface area contributed by atoms with Crippen LogP contribution in [-0.2, 0) is 30.8 Å². The predicted molar refractivity (Wildman–Crippen MR) is 190 cm³/mol. The highest BCUT2D eigenvalue weighted by Crippen LogP contribution is 2.56. The molecule has 2 heterocycles. The van der Waals surface area contributed by atoms with Crippen molar-refractivity contribution in [2.24, 2.45) is 11.1 Å². The van der Waals surface area contributed by atoms with Gasteiger partial charge in [-0.2, -0.15) is 13.2 Å². The monoisotopic (exact) mass is 742 g/mol. The summed E-state index contributed by atoms with van der Waals surface area (Å²) in [6.07, 6.45) is 1.18. The molecule has 3 aliphatic rings. The molecule has 0 aromatic heterocycles. The van der Waals surface area contributed by atoms with Gasteiger partial charge in [-0.3, -0.25) is 0 Å². The fourth-order valence-electron chi connectivity index (χ4n) is 6.31. The van der Waals surface area contributed by atoms with Gasteiger partial charge >= 0.3 is 6.18 Å². The van der Waals surface area contributed by atoms with E-state index in [1.807, 2.05) is 13.8 Å². The van der Waals surface area contributed by atoms with Crippen molar-refractivity contribution in [1.29, 1.82) is 0 Å². The fraction of sp³-hybridized carbons (Fsp3) is 0.543. The topological polar surface area (TPSA) is 107 Å².